The van der Waals surface area contributed by atoms with Gasteiger partial charge in [0.25, 0.3) is 0 Å². The summed E-state index contributed by atoms with van der Waals surface area (Å²) < 4.78 is 6.90. The molecule has 0 aliphatic rings. The normalized spacial score (nSPS) is 10.7. The first-order valence-corrected chi connectivity index (χ1v) is 7.50. The van der Waals surface area contributed by atoms with Gasteiger partial charge in [-0.25, -0.2) is 0 Å². The molecule has 2 heteroatoms. The predicted octanol–water partition coefficient (Wildman–Crippen LogP) is 5.61. The van der Waals surface area contributed by atoms with E-state index in [1.54, 1.807) is 0 Å². The van der Waals surface area contributed by atoms with Crippen LogP contribution in [0, 0.1) is 6.92 Å². The molecule has 0 heterocycles. The van der Waals surface area contributed by atoms with Crippen LogP contribution in [0.4, 0.5) is 0 Å². The first-order valence-electron chi connectivity index (χ1n) is 6.70. The molecule has 0 radical (unpaired) electrons. The molecular weight excluding hydrogens is 312 g/mol. The first-order chi connectivity index (χ1) is 9.49. The lowest BCUT2D eigenvalue weighted by Gasteiger charge is -2.16. The Labute approximate surface area is 129 Å². The summed E-state index contributed by atoms with van der Waals surface area (Å²) in [4.78, 5) is 0. The van der Waals surface area contributed by atoms with E-state index >= 15 is 0 Å². The van der Waals surface area contributed by atoms with Crippen molar-refractivity contribution in [1.29, 1.82) is 0 Å². The molecular formula is C18H19BrO. The van der Waals surface area contributed by atoms with Crippen molar-refractivity contribution in [3.8, 4) is 5.75 Å². The van der Waals surface area contributed by atoms with Gasteiger partial charge < -0.3 is 4.74 Å². The van der Waals surface area contributed by atoms with Crippen LogP contribution in [0.2, 0.25) is 0 Å². The van der Waals surface area contributed by atoms with Gasteiger partial charge in [-0.1, -0.05) is 46.8 Å². The van der Waals surface area contributed by atoms with E-state index in [-0.39, 0.29) is 6.10 Å². The third kappa shape index (κ3) is 3.31. The van der Waals surface area contributed by atoms with Gasteiger partial charge >= 0.3 is 0 Å². The van der Waals surface area contributed by atoms with E-state index in [1.807, 2.05) is 38.1 Å². The fourth-order valence-corrected chi connectivity index (χ4v) is 2.55. The molecule has 0 aromatic heterocycles. The lowest BCUT2D eigenvalue weighted by Crippen LogP contribution is -2.07. The van der Waals surface area contributed by atoms with Gasteiger partial charge in [0.05, 0.1) is 6.10 Å². The molecule has 0 spiro atoms. The van der Waals surface area contributed by atoms with Crippen molar-refractivity contribution in [3.63, 3.8) is 0 Å². The lowest BCUT2D eigenvalue weighted by molar-refractivity contribution is 0.240. The van der Waals surface area contributed by atoms with Gasteiger partial charge in [-0.3, -0.25) is 0 Å². The van der Waals surface area contributed by atoms with Gasteiger partial charge in [0.15, 0.2) is 0 Å². The summed E-state index contributed by atoms with van der Waals surface area (Å²) in [6, 6.07) is 14.3. The number of ether oxygens (including phenoxy) is 1. The quantitative estimate of drug-likeness (QED) is 0.708. The molecule has 0 atom stereocenters. The molecule has 0 saturated heterocycles. The summed E-state index contributed by atoms with van der Waals surface area (Å²) in [7, 11) is 0. The summed E-state index contributed by atoms with van der Waals surface area (Å²) in [5.74, 6) is 0.925. The Morgan fingerprint density at radius 3 is 2.50 bits per heavy atom. The minimum atomic E-state index is 0.170. The van der Waals surface area contributed by atoms with Gasteiger partial charge in [0.2, 0.25) is 0 Å². The van der Waals surface area contributed by atoms with Gasteiger partial charge in [-0.05, 0) is 61.2 Å². The molecule has 0 saturated carbocycles. The molecule has 2 aromatic carbocycles. The number of halogens is 1. The molecule has 0 fully saturated rings. The summed E-state index contributed by atoms with van der Waals surface area (Å²) >= 11 is 3.50. The van der Waals surface area contributed by atoms with E-state index in [1.165, 1.54) is 0 Å². The summed E-state index contributed by atoms with van der Waals surface area (Å²) in [6.07, 6.45) is 0.170. The van der Waals surface area contributed by atoms with E-state index in [2.05, 4.69) is 47.6 Å². The van der Waals surface area contributed by atoms with Crippen molar-refractivity contribution in [2.24, 2.45) is 0 Å². The second-order valence-corrected chi connectivity index (χ2v) is 6.00. The van der Waals surface area contributed by atoms with Crippen LogP contribution >= 0.6 is 15.9 Å². The zero-order valence-corrected chi connectivity index (χ0v) is 13.7. The highest BCUT2D eigenvalue weighted by Gasteiger charge is 2.10. The molecule has 104 valence electrons. The fourth-order valence-electron chi connectivity index (χ4n) is 2.15. The van der Waals surface area contributed by atoms with E-state index in [0.717, 1.165) is 32.5 Å². The van der Waals surface area contributed by atoms with Crippen LogP contribution in [0.3, 0.4) is 0 Å². The van der Waals surface area contributed by atoms with Gasteiger partial charge in [0, 0.05) is 4.47 Å². The number of benzene rings is 2. The zero-order chi connectivity index (χ0) is 14.7. The third-order valence-corrected chi connectivity index (χ3v) is 3.64. The molecule has 0 N–H and O–H groups in total. The van der Waals surface area contributed by atoms with Crippen LogP contribution < -0.4 is 4.74 Å². The Morgan fingerprint density at radius 2 is 1.85 bits per heavy atom. The predicted molar refractivity (Wildman–Crippen MR) is 89.2 cm³/mol. The second-order valence-electron chi connectivity index (χ2n) is 5.08. The van der Waals surface area contributed by atoms with Crippen LogP contribution in [0.15, 0.2) is 53.5 Å². The van der Waals surface area contributed by atoms with Crippen LogP contribution in [0.5, 0.6) is 5.75 Å². The highest BCUT2D eigenvalue weighted by molar-refractivity contribution is 9.10. The van der Waals surface area contributed by atoms with Crippen molar-refractivity contribution in [2.45, 2.75) is 26.9 Å². The molecule has 0 bridgehead atoms. The van der Waals surface area contributed by atoms with E-state index < -0.39 is 0 Å². The highest BCUT2D eigenvalue weighted by atomic mass is 79.9. The van der Waals surface area contributed by atoms with Gasteiger partial charge in [-0.2, -0.15) is 0 Å². The van der Waals surface area contributed by atoms with E-state index in [0.29, 0.717) is 0 Å². The van der Waals surface area contributed by atoms with Crippen molar-refractivity contribution < 1.29 is 4.74 Å². The molecule has 0 amide bonds. The van der Waals surface area contributed by atoms with Gasteiger partial charge in [0.1, 0.15) is 5.75 Å². The number of hydrogen-bond donors (Lipinski definition) is 0. The smallest absolute Gasteiger partial charge is 0.123 e. The number of rotatable bonds is 4. The van der Waals surface area contributed by atoms with Crippen molar-refractivity contribution in [1.82, 2.24) is 0 Å². The monoisotopic (exact) mass is 330 g/mol. The molecule has 0 aliphatic heterocycles. The summed E-state index contributed by atoms with van der Waals surface area (Å²) in [5, 5.41) is 0. The minimum Gasteiger partial charge on any atom is -0.491 e. The second kappa shape index (κ2) is 6.27. The largest absolute Gasteiger partial charge is 0.491 e. The minimum absolute atomic E-state index is 0.170. The SMILES string of the molecule is C=C(c1cccc(Br)c1)c1cccc(OC(C)C)c1C. The van der Waals surface area contributed by atoms with Crippen molar-refractivity contribution in [2.75, 3.05) is 0 Å². The molecule has 2 rings (SSSR count). The average molecular weight is 331 g/mol. The zero-order valence-electron chi connectivity index (χ0n) is 12.1. The maximum atomic E-state index is 5.85. The Kier molecular flexibility index (Phi) is 4.66. The van der Waals surface area contributed by atoms with E-state index in [9.17, 15) is 0 Å². The number of hydrogen-bond acceptors (Lipinski definition) is 1. The Morgan fingerprint density at radius 1 is 1.15 bits per heavy atom. The Bertz CT molecular complexity index is 629. The first kappa shape index (κ1) is 14.9. The van der Waals surface area contributed by atoms with Crippen LogP contribution in [0.25, 0.3) is 5.57 Å². The van der Waals surface area contributed by atoms with E-state index in [4.69, 9.17) is 4.74 Å². The van der Waals surface area contributed by atoms with Crippen LogP contribution in [-0.4, -0.2) is 6.10 Å². The lowest BCUT2D eigenvalue weighted by atomic mass is 9.95. The standard InChI is InChI=1S/C18H19BrO/c1-12(2)20-18-10-6-9-17(14(18)4)13(3)15-7-5-8-16(19)11-15/h5-12H,3H2,1-2,4H3. The molecule has 0 aliphatic carbocycles. The average Bonchev–Trinajstić information content (AvgIpc) is 2.40. The fraction of sp³-hybridized carbons (Fsp3) is 0.222. The van der Waals surface area contributed by atoms with Crippen molar-refractivity contribution >= 4 is 21.5 Å². The maximum Gasteiger partial charge on any atom is 0.123 e. The highest BCUT2D eigenvalue weighted by Crippen LogP contribution is 2.31. The van der Waals surface area contributed by atoms with Gasteiger partial charge in [-0.15, -0.1) is 0 Å². The molecule has 2 aromatic rings. The molecule has 20 heavy (non-hydrogen) atoms. The molecule has 1 nitrogen and oxygen atoms in total. The molecule has 0 unspecified atom stereocenters. The summed E-state index contributed by atoms with van der Waals surface area (Å²) in [6.45, 7) is 10.4. The summed E-state index contributed by atoms with van der Waals surface area (Å²) in [5.41, 5.74) is 4.38. The van der Waals surface area contributed by atoms with Crippen molar-refractivity contribution in [3.05, 3.63) is 70.2 Å². The topological polar surface area (TPSA) is 9.23 Å². The Balaban J connectivity index is 2.40. The van der Waals surface area contributed by atoms with Crippen LogP contribution in [-0.2, 0) is 0 Å². The Hall–Kier alpha value is -1.54. The maximum absolute atomic E-state index is 5.85. The third-order valence-electron chi connectivity index (χ3n) is 3.14. The van der Waals surface area contributed by atoms with Crippen LogP contribution in [0.1, 0.15) is 30.5 Å².